The van der Waals surface area contributed by atoms with Crippen LogP contribution in [0.15, 0.2) is 12.1 Å². The van der Waals surface area contributed by atoms with Crippen LogP contribution in [0.2, 0.25) is 0 Å². The maximum atomic E-state index is 11.5. The first kappa shape index (κ1) is 13.2. The monoisotopic (exact) mass is 239 g/mol. The van der Waals surface area contributed by atoms with Crippen molar-refractivity contribution in [1.82, 2.24) is 0 Å². The minimum Gasteiger partial charge on any atom is -0.490 e. The fraction of sp³-hybridized carbons (Fsp3) is 0.417. The molecule has 5 heteroatoms. The molecule has 0 heterocycles. The Bertz CT molecular complexity index is 404. The standard InChI is InChI=1S/C12H17NO4/c1-4-16-9-7-6-8(12(14)15-3)10(13)11(9)17-5-2/h6-7H,4-5,13H2,1-3H3. The topological polar surface area (TPSA) is 70.8 Å². The van der Waals surface area contributed by atoms with E-state index in [0.29, 0.717) is 24.7 Å². The molecule has 0 aliphatic carbocycles. The number of nitrogens with two attached hydrogens (primary N) is 1. The number of anilines is 1. The van der Waals surface area contributed by atoms with Gasteiger partial charge in [0, 0.05) is 0 Å². The number of hydrogen-bond acceptors (Lipinski definition) is 5. The third kappa shape index (κ3) is 2.81. The molecule has 1 aromatic carbocycles. The van der Waals surface area contributed by atoms with Gasteiger partial charge in [-0.05, 0) is 26.0 Å². The van der Waals surface area contributed by atoms with Crippen LogP contribution in [0.3, 0.4) is 0 Å². The van der Waals surface area contributed by atoms with Crippen LogP contribution in [-0.4, -0.2) is 26.3 Å². The van der Waals surface area contributed by atoms with Crippen LogP contribution in [0.1, 0.15) is 24.2 Å². The van der Waals surface area contributed by atoms with Crippen molar-refractivity contribution >= 4 is 11.7 Å². The van der Waals surface area contributed by atoms with Crippen LogP contribution in [0, 0.1) is 0 Å². The van der Waals surface area contributed by atoms with Crippen LogP contribution < -0.4 is 15.2 Å². The van der Waals surface area contributed by atoms with Crippen LogP contribution in [0.5, 0.6) is 11.5 Å². The van der Waals surface area contributed by atoms with E-state index in [9.17, 15) is 4.79 Å². The van der Waals surface area contributed by atoms with Crippen molar-refractivity contribution in [3.8, 4) is 11.5 Å². The first-order chi connectivity index (χ1) is 8.15. The highest BCUT2D eigenvalue weighted by Crippen LogP contribution is 2.36. The number of ether oxygens (including phenoxy) is 3. The molecular formula is C12H17NO4. The molecule has 1 rings (SSSR count). The van der Waals surface area contributed by atoms with Gasteiger partial charge in [0.1, 0.15) is 0 Å². The molecule has 0 aliphatic rings. The summed E-state index contributed by atoms with van der Waals surface area (Å²) in [5.41, 5.74) is 6.39. The molecule has 0 atom stereocenters. The van der Waals surface area contributed by atoms with Crippen molar-refractivity contribution < 1.29 is 19.0 Å². The summed E-state index contributed by atoms with van der Waals surface area (Å²) in [6.45, 7) is 4.63. The molecule has 0 saturated heterocycles. The van der Waals surface area contributed by atoms with Crippen molar-refractivity contribution in [2.75, 3.05) is 26.1 Å². The van der Waals surface area contributed by atoms with E-state index in [1.807, 2.05) is 13.8 Å². The summed E-state index contributed by atoms with van der Waals surface area (Å²) in [4.78, 5) is 11.5. The average molecular weight is 239 g/mol. The van der Waals surface area contributed by atoms with Gasteiger partial charge in [0.15, 0.2) is 11.5 Å². The van der Waals surface area contributed by atoms with Crippen LogP contribution in [0.25, 0.3) is 0 Å². The van der Waals surface area contributed by atoms with Crippen LogP contribution in [-0.2, 0) is 4.74 Å². The van der Waals surface area contributed by atoms with Gasteiger partial charge in [0.2, 0.25) is 0 Å². The van der Waals surface area contributed by atoms with Gasteiger partial charge in [-0.25, -0.2) is 4.79 Å². The molecule has 17 heavy (non-hydrogen) atoms. The zero-order chi connectivity index (χ0) is 12.8. The van der Waals surface area contributed by atoms with Gasteiger partial charge >= 0.3 is 5.97 Å². The quantitative estimate of drug-likeness (QED) is 0.627. The van der Waals surface area contributed by atoms with E-state index in [1.54, 1.807) is 12.1 Å². The number of esters is 1. The van der Waals surface area contributed by atoms with E-state index in [0.717, 1.165) is 0 Å². The van der Waals surface area contributed by atoms with Crippen molar-refractivity contribution in [3.05, 3.63) is 17.7 Å². The minimum absolute atomic E-state index is 0.240. The molecule has 0 spiro atoms. The molecule has 2 N–H and O–H groups in total. The maximum Gasteiger partial charge on any atom is 0.340 e. The molecule has 94 valence electrons. The average Bonchev–Trinajstić information content (AvgIpc) is 2.33. The highest BCUT2D eigenvalue weighted by atomic mass is 16.5. The number of carbonyl (C=O) groups is 1. The molecule has 0 saturated carbocycles. The molecule has 0 aliphatic heterocycles. The highest BCUT2D eigenvalue weighted by Gasteiger charge is 2.18. The number of carbonyl (C=O) groups excluding carboxylic acids is 1. The third-order valence-electron chi connectivity index (χ3n) is 2.15. The number of benzene rings is 1. The largest absolute Gasteiger partial charge is 0.490 e. The van der Waals surface area contributed by atoms with Gasteiger partial charge in [-0.1, -0.05) is 0 Å². The second-order valence-corrected chi connectivity index (χ2v) is 3.21. The number of nitrogen functional groups attached to an aromatic ring is 1. The number of rotatable bonds is 5. The van der Waals surface area contributed by atoms with Gasteiger partial charge in [0.25, 0.3) is 0 Å². The predicted octanol–water partition coefficient (Wildman–Crippen LogP) is 1.85. The van der Waals surface area contributed by atoms with E-state index in [4.69, 9.17) is 15.2 Å². The molecule has 0 amide bonds. The lowest BCUT2D eigenvalue weighted by Crippen LogP contribution is -2.09. The van der Waals surface area contributed by atoms with Gasteiger partial charge in [0.05, 0.1) is 31.6 Å². The summed E-state index contributed by atoms with van der Waals surface area (Å²) in [7, 11) is 1.30. The Kier molecular flexibility index (Phi) is 4.63. The van der Waals surface area contributed by atoms with E-state index in [1.165, 1.54) is 7.11 Å². The first-order valence-electron chi connectivity index (χ1n) is 5.42. The third-order valence-corrected chi connectivity index (χ3v) is 2.15. The molecule has 0 radical (unpaired) electrons. The van der Waals surface area contributed by atoms with Gasteiger partial charge in [-0.15, -0.1) is 0 Å². The summed E-state index contributed by atoms with van der Waals surface area (Å²) >= 11 is 0. The van der Waals surface area contributed by atoms with E-state index >= 15 is 0 Å². The molecule has 0 aromatic heterocycles. The SMILES string of the molecule is CCOc1ccc(C(=O)OC)c(N)c1OCC. The number of methoxy groups -OCH3 is 1. The van der Waals surface area contributed by atoms with Crippen LogP contribution in [0.4, 0.5) is 5.69 Å². The molecule has 1 aromatic rings. The predicted molar refractivity (Wildman–Crippen MR) is 64.5 cm³/mol. The second-order valence-electron chi connectivity index (χ2n) is 3.21. The fourth-order valence-corrected chi connectivity index (χ4v) is 1.43. The highest BCUT2D eigenvalue weighted by molar-refractivity contribution is 5.97. The second kappa shape index (κ2) is 5.98. The normalized spacial score (nSPS) is 9.82. The molecule has 5 nitrogen and oxygen atoms in total. The zero-order valence-electron chi connectivity index (χ0n) is 10.3. The summed E-state index contributed by atoms with van der Waals surface area (Å²) in [6.07, 6.45) is 0. The Morgan fingerprint density at radius 1 is 1.24 bits per heavy atom. The van der Waals surface area contributed by atoms with Crippen LogP contribution >= 0.6 is 0 Å². The van der Waals surface area contributed by atoms with Gasteiger partial charge in [-0.3, -0.25) is 0 Å². The molecule has 0 unspecified atom stereocenters. The van der Waals surface area contributed by atoms with Gasteiger partial charge in [-0.2, -0.15) is 0 Å². The number of hydrogen-bond donors (Lipinski definition) is 1. The lowest BCUT2D eigenvalue weighted by Gasteiger charge is -2.14. The summed E-state index contributed by atoms with van der Waals surface area (Å²) in [5.74, 6) is 0.420. The molecular weight excluding hydrogens is 222 g/mol. The van der Waals surface area contributed by atoms with E-state index in [2.05, 4.69) is 4.74 Å². The lowest BCUT2D eigenvalue weighted by molar-refractivity contribution is 0.0601. The fourth-order valence-electron chi connectivity index (χ4n) is 1.43. The Labute approximate surface area is 100 Å². The van der Waals surface area contributed by atoms with Gasteiger partial charge < -0.3 is 19.9 Å². The summed E-state index contributed by atoms with van der Waals surface area (Å²) < 4.78 is 15.4. The Hall–Kier alpha value is -1.91. The first-order valence-corrected chi connectivity index (χ1v) is 5.42. The maximum absolute atomic E-state index is 11.5. The van der Waals surface area contributed by atoms with E-state index < -0.39 is 5.97 Å². The smallest absolute Gasteiger partial charge is 0.340 e. The summed E-state index contributed by atoms with van der Waals surface area (Å²) in [5, 5.41) is 0. The lowest BCUT2D eigenvalue weighted by atomic mass is 10.1. The van der Waals surface area contributed by atoms with Crippen molar-refractivity contribution in [3.63, 3.8) is 0 Å². The Morgan fingerprint density at radius 2 is 1.88 bits per heavy atom. The Balaban J connectivity index is 3.22. The summed E-state index contributed by atoms with van der Waals surface area (Å²) in [6, 6.07) is 3.21. The van der Waals surface area contributed by atoms with Crippen molar-refractivity contribution in [1.29, 1.82) is 0 Å². The Morgan fingerprint density at radius 3 is 2.41 bits per heavy atom. The molecule has 0 fully saturated rings. The van der Waals surface area contributed by atoms with Crippen molar-refractivity contribution in [2.24, 2.45) is 0 Å². The molecule has 0 bridgehead atoms. The van der Waals surface area contributed by atoms with Crippen molar-refractivity contribution in [2.45, 2.75) is 13.8 Å². The zero-order valence-corrected chi connectivity index (χ0v) is 10.3. The van der Waals surface area contributed by atoms with E-state index in [-0.39, 0.29) is 11.3 Å². The minimum atomic E-state index is -0.494.